The molecule has 0 fully saturated rings. The normalized spacial score (nSPS) is 10.5. The maximum absolute atomic E-state index is 10.7. The Labute approximate surface area is 122 Å². The number of rotatable bonds is 4. The predicted molar refractivity (Wildman–Crippen MR) is 73.7 cm³/mol. The fourth-order valence-electron chi connectivity index (χ4n) is 1.57. The lowest BCUT2D eigenvalue weighted by Gasteiger charge is -2.05. The zero-order chi connectivity index (χ0) is 14.0. The molecule has 8 heteroatoms. The molecule has 1 aromatic heterocycles. The van der Waals surface area contributed by atoms with Gasteiger partial charge in [0.2, 0.25) is 0 Å². The molecular weight excluding hydrogens is 337 g/mol. The topological polar surface area (TPSA) is 70.2 Å². The minimum atomic E-state index is -0.612. The number of nitrogens with zero attached hydrogens (tertiary/aromatic N) is 3. The van der Waals surface area contributed by atoms with Crippen molar-refractivity contribution in [2.24, 2.45) is 0 Å². The molecule has 0 atom stereocenters. The van der Waals surface area contributed by atoms with Crippen LogP contribution in [0.25, 0.3) is 0 Å². The Morgan fingerprint density at radius 3 is 2.89 bits per heavy atom. The van der Waals surface area contributed by atoms with Crippen LogP contribution in [0.4, 0.5) is 5.82 Å². The molecule has 0 spiro atoms. The van der Waals surface area contributed by atoms with E-state index >= 15 is 0 Å². The molecule has 0 aliphatic rings. The van der Waals surface area contributed by atoms with Gasteiger partial charge >= 0.3 is 5.82 Å². The maximum Gasteiger partial charge on any atom is 0.408 e. The van der Waals surface area contributed by atoms with E-state index < -0.39 is 4.92 Å². The third-order valence-corrected chi connectivity index (χ3v) is 3.50. The average molecular weight is 347 g/mol. The van der Waals surface area contributed by atoms with Gasteiger partial charge in [0.15, 0.2) is 5.02 Å². The standard InChI is InChI=1S/C11H9BrClN3O3/c1-19-8-2-3-9(12)7(4-8)5-15-6-10(13)11(14-15)16(17)18/h2-4,6H,5H2,1H3. The molecule has 0 saturated carbocycles. The monoisotopic (exact) mass is 345 g/mol. The van der Waals surface area contributed by atoms with E-state index in [2.05, 4.69) is 21.0 Å². The Kier molecular flexibility index (Phi) is 4.06. The molecular formula is C11H9BrClN3O3. The smallest absolute Gasteiger partial charge is 0.408 e. The van der Waals surface area contributed by atoms with Crippen LogP contribution in [0.2, 0.25) is 5.02 Å². The number of hydrogen-bond donors (Lipinski definition) is 0. The zero-order valence-corrected chi connectivity index (χ0v) is 12.2. The second-order valence-electron chi connectivity index (χ2n) is 3.71. The van der Waals surface area contributed by atoms with Crippen LogP contribution in [-0.4, -0.2) is 21.8 Å². The minimum Gasteiger partial charge on any atom is -0.497 e. The van der Waals surface area contributed by atoms with Crippen molar-refractivity contribution in [1.29, 1.82) is 0 Å². The van der Waals surface area contributed by atoms with E-state index in [9.17, 15) is 10.1 Å². The number of aromatic nitrogens is 2. The minimum absolute atomic E-state index is 0.0176. The summed E-state index contributed by atoms with van der Waals surface area (Å²) in [6.07, 6.45) is 1.42. The first-order chi connectivity index (χ1) is 9.01. The molecule has 0 amide bonds. The molecule has 0 aliphatic heterocycles. The molecule has 0 saturated heterocycles. The number of methoxy groups -OCH3 is 1. The summed E-state index contributed by atoms with van der Waals surface area (Å²) in [5.74, 6) is 0.353. The van der Waals surface area contributed by atoms with Gasteiger partial charge in [-0.3, -0.25) is 0 Å². The van der Waals surface area contributed by atoms with Crippen molar-refractivity contribution in [2.45, 2.75) is 6.54 Å². The van der Waals surface area contributed by atoms with Crippen LogP contribution in [0.15, 0.2) is 28.9 Å². The van der Waals surface area contributed by atoms with E-state index in [4.69, 9.17) is 16.3 Å². The highest BCUT2D eigenvalue weighted by atomic mass is 79.9. The van der Waals surface area contributed by atoms with Crippen LogP contribution in [-0.2, 0) is 6.54 Å². The fraction of sp³-hybridized carbons (Fsp3) is 0.182. The van der Waals surface area contributed by atoms with Gasteiger partial charge < -0.3 is 14.9 Å². The molecule has 0 radical (unpaired) electrons. The van der Waals surface area contributed by atoms with Crippen molar-refractivity contribution in [3.8, 4) is 5.75 Å². The molecule has 2 aromatic rings. The number of halogens is 2. The first-order valence-electron chi connectivity index (χ1n) is 5.21. The van der Waals surface area contributed by atoms with Crippen LogP contribution in [0, 0.1) is 10.1 Å². The van der Waals surface area contributed by atoms with Gasteiger partial charge in [-0.2, -0.15) is 4.68 Å². The van der Waals surface area contributed by atoms with E-state index in [1.165, 1.54) is 10.9 Å². The summed E-state index contributed by atoms with van der Waals surface area (Å²) in [5.41, 5.74) is 0.883. The van der Waals surface area contributed by atoms with E-state index in [-0.39, 0.29) is 10.8 Å². The first-order valence-corrected chi connectivity index (χ1v) is 6.38. The van der Waals surface area contributed by atoms with E-state index in [0.717, 1.165) is 10.0 Å². The van der Waals surface area contributed by atoms with Crippen molar-refractivity contribution in [1.82, 2.24) is 9.78 Å². The van der Waals surface area contributed by atoms with Gasteiger partial charge in [-0.25, -0.2) is 0 Å². The molecule has 19 heavy (non-hydrogen) atoms. The van der Waals surface area contributed by atoms with Crippen molar-refractivity contribution >= 4 is 33.3 Å². The summed E-state index contributed by atoms with van der Waals surface area (Å²) in [5, 5.41) is 14.5. The highest BCUT2D eigenvalue weighted by Crippen LogP contribution is 2.25. The van der Waals surface area contributed by atoms with Crippen molar-refractivity contribution in [3.05, 3.63) is 49.6 Å². The maximum atomic E-state index is 10.7. The number of hydrogen-bond acceptors (Lipinski definition) is 4. The second-order valence-corrected chi connectivity index (χ2v) is 4.97. The molecule has 6 nitrogen and oxygen atoms in total. The van der Waals surface area contributed by atoms with E-state index in [1.807, 2.05) is 18.2 Å². The second kappa shape index (κ2) is 5.58. The first kappa shape index (κ1) is 13.8. The average Bonchev–Trinajstić information content (AvgIpc) is 2.73. The third-order valence-electron chi connectivity index (χ3n) is 2.46. The molecule has 2 rings (SSSR count). The van der Waals surface area contributed by atoms with Crippen LogP contribution in [0.3, 0.4) is 0 Å². The number of nitro groups is 1. The number of benzene rings is 1. The van der Waals surface area contributed by atoms with E-state index in [1.54, 1.807) is 7.11 Å². The van der Waals surface area contributed by atoms with Gasteiger partial charge in [0.1, 0.15) is 5.75 Å². The third kappa shape index (κ3) is 3.05. The zero-order valence-electron chi connectivity index (χ0n) is 9.84. The van der Waals surface area contributed by atoms with Gasteiger partial charge in [-0.15, -0.1) is 0 Å². The quantitative estimate of drug-likeness (QED) is 0.629. The lowest BCUT2D eigenvalue weighted by Crippen LogP contribution is -2.02. The Balaban J connectivity index is 2.30. The molecule has 1 heterocycles. The lowest BCUT2D eigenvalue weighted by molar-refractivity contribution is -0.389. The van der Waals surface area contributed by atoms with Crippen molar-refractivity contribution in [2.75, 3.05) is 7.11 Å². The summed E-state index contributed by atoms with van der Waals surface area (Å²) in [7, 11) is 1.57. The van der Waals surface area contributed by atoms with E-state index in [0.29, 0.717) is 12.3 Å². The summed E-state index contributed by atoms with van der Waals surface area (Å²) >= 11 is 9.15. The van der Waals surface area contributed by atoms with Gasteiger partial charge in [-0.1, -0.05) is 27.5 Å². The van der Waals surface area contributed by atoms with Crippen molar-refractivity contribution in [3.63, 3.8) is 0 Å². The Morgan fingerprint density at radius 1 is 1.58 bits per heavy atom. The molecule has 0 unspecified atom stereocenters. The van der Waals surface area contributed by atoms with Crippen molar-refractivity contribution < 1.29 is 9.66 Å². The Morgan fingerprint density at radius 2 is 2.32 bits per heavy atom. The largest absolute Gasteiger partial charge is 0.497 e. The predicted octanol–water partition coefficient (Wildman–Crippen LogP) is 3.26. The van der Waals surface area contributed by atoms with Crippen LogP contribution in [0.1, 0.15) is 5.56 Å². The molecule has 0 bridgehead atoms. The fourth-order valence-corrected chi connectivity index (χ4v) is 2.16. The summed E-state index contributed by atoms with van der Waals surface area (Å²) in [4.78, 5) is 10.1. The van der Waals surface area contributed by atoms with Gasteiger partial charge in [0.25, 0.3) is 0 Å². The summed E-state index contributed by atoms with van der Waals surface area (Å²) < 4.78 is 7.41. The molecule has 0 aliphatic carbocycles. The highest BCUT2D eigenvalue weighted by Gasteiger charge is 2.19. The highest BCUT2D eigenvalue weighted by molar-refractivity contribution is 9.10. The van der Waals surface area contributed by atoms with Crippen LogP contribution in [0.5, 0.6) is 5.75 Å². The summed E-state index contributed by atoms with van der Waals surface area (Å²) in [6, 6.07) is 5.48. The molecule has 0 N–H and O–H groups in total. The van der Waals surface area contributed by atoms with Gasteiger partial charge in [-0.05, 0) is 28.7 Å². The Hall–Kier alpha value is -1.60. The molecule has 1 aromatic carbocycles. The van der Waals surface area contributed by atoms with Crippen LogP contribution >= 0.6 is 27.5 Å². The van der Waals surface area contributed by atoms with Gasteiger partial charge in [0, 0.05) is 4.47 Å². The molecule has 100 valence electrons. The number of ether oxygens (including phenoxy) is 1. The lowest BCUT2D eigenvalue weighted by atomic mass is 10.2. The SMILES string of the molecule is COc1ccc(Br)c(Cn2cc(Cl)c([N+](=O)[O-])n2)c1. The summed E-state index contributed by atoms with van der Waals surface area (Å²) in [6.45, 7) is 0.353. The van der Waals surface area contributed by atoms with Gasteiger partial charge in [0.05, 0.1) is 25.0 Å². The Bertz CT molecular complexity index is 630. The van der Waals surface area contributed by atoms with Crippen LogP contribution < -0.4 is 4.74 Å².